The van der Waals surface area contributed by atoms with Gasteiger partial charge in [-0.1, -0.05) is 0 Å². The second kappa shape index (κ2) is 9.07. The Morgan fingerprint density at radius 1 is 1.24 bits per heavy atom. The number of carboxylic acids is 1. The molecule has 11 nitrogen and oxygen atoms in total. The lowest BCUT2D eigenvalue weighted by Crippen LogP contribution is -2.38. The zero-order valence-corrected chi connectivity index (χ0v) is 18.0. The second-order valence-electron chi connectivity index (χ2n) is 7.18. The zero-order chi connectivity index (χ0) is 23.5. The lowest BCUT2D eigenvalue weighted by Gasteiger charge is -2.11. The van der Waals surface area contributed by atoms with Crippen LogP contribution in [0.5, 0.6) is 11.5 Å². The minimum absolute atomic E-state index is 0.115. The Balaban J connectivity index is 1.79. The first-order valence-corrected chi connectivity index (χ1v) is 10.2. The van der Waals surface area contributed by atoms with Crippen LogP contribution in [-0.4, -0.2) is 58.3 Å². The predicted molar refractivity (Wildman–Crippen MR) is 116 cm³/mol. The Labute approximate surface area is 188 Å². The zero-order valence-electron chi connectivity index (χ0n) is 18.0. The van der Waals surface area contributed by atoms with Gasteiger partial charge in [-0.3, -0.25) is 18.8 Å². The van der Waals surface area contributed by atoms with Crippen LogP contribution < -0.4 is 20.1 Å². The molecule has 172 valence electrons. The van der Waals surface area contributed by atoms with E-state index in [2.05, 4.69) is 15.6 Å². The van der Waals surface area contributed by atoms with E-state index in [4.69, 9.17) is 19.3 Å². The van der Waals surface area contributed by atoms with Gasteiger partial charge in [0.05, 0.1) is 12.2 Å². The monoisotopic (exact) mass is 454 g/mol. The van der Waals surface area contributed by atoms with Crippen LogP contribution in [0.4, 0.5) is 5.82 Å². The minimum Gasteiger partial charge on any atom is -0.480 e. The molecule has 3 N–H and O–H groups in total. The fourth-order valence-electron chi connectivity index (χ4n) is 3.36. The van der Waals surface area contributed by atoms with Crippen LogP contribution in [-0.2, 0) is 14.3 Å². The van der Waals surface area contributed by atoms with Crippen molar-refractivity contribution in [3.8, 4) is 22.8 Å². The van der Waals surface area contributed by atoms with Crippen molar-refractivity contribution >= 4 is 29.3 Å². The van der Waals surface area contributed by atoms with E-state index in [9.17, 15) is 14.4 Å². The van der Waals surface area contributed by atoms with Crippen LogP contribution in [0.15, 0.2) is 36.5 Å². The van der Waals surface area contributed by atoms with Gasteiger partial charge in [0.15, 0.2) is 17.1 Å². The highest BCUT2D eigenvalue weighted by molar-refractivity contribution is 6.02. The molecule has 11 heteroatoms. The summed E-state index contributed by atoms with van der Waals surface area (Å²) in [7, 11) is 0. The van der Waals surface area contributed by atoms with Crippen molar-refractivity contribution in [1.82, 2.24) is 14.7 Å². The Morgan fingerprint density at radius 2 is 2.03 bits per heavy atom. The first-order chi connectivity index (χ1) is 15.9. The number of fused-ring (bicyclic) bond motifs is 2. The van der Waals surface area contributed by atoms with E-state index < -0.39 is 23.9 Å². The molecule has 0 saturated carbocycles. The standard InChI is InChI=1S/C22H22N4O7/c1-3-31-17(27)10-23-20-18(13-6-7-15-16(9-13)33-11-32-15)25-19-14(5-4-8-26(19)20)21(28)24-12(2)22(29)30/h4-9,12,23H,3,10-11H2,1-2H3,(H,24,28)(H,29,30). The molecule has 0 saturated heterocycles. The van der Waals surface area contributed by atoms with Crippen LogP contribution in [0.3, 0.4) is 0 Å². The lowest BCUT2D eigenvalue weighted by atomic mass is 10.1. The van der Waals surface area contributed by atoms with E-state index in [0.717, 1.165) is 0 Å². The average molecular weight is 454 g/mol. The molecule has 1 aliphatic heterocycles. The van der Waals surface area contributed by atoms with E-state index in [1.807, 2.05) is 0 Å². The number of nitrogens with zero attached hydrogens (tertiary/aromatic N) is 2. The number of carbonyl (C=O) groups excluding carboxylic acids is 2. The predicted octanol–water partition coefficient (Wildman–Crippen LogP) is 1.91. The number of esters is 1. The number of nitrogens with one attached hydrogen (secondary N) is 2. The number of hydrogen-bond acceptors (Lipinski definition) is 8. The third kappa shape index (κ3) is 4.38. The molecule has 1 atom stereocenters. The van der Waals surface area contributed by atoms with Crippen LogP contribution in [0.1, 0.15) is 24.2 Å². The molecule has 0 aliphatic carbocycles. The molecule has 4 rings (SSSR count). The maximum atomic E-state index is 12.8. The summed E-state index contributed by atoms with van der Waals surface area (Å²) < 4.78 is 17.5. The van der Waals surface area contributed by atoms with Gasteiger partial charge in [-0.2, -0.15) is 0 Å². The van der Waals surface area contributed by atoms with E-state index in [0.29, 0.717) is 28.6 Å². The van der Waals surface area contributed by atoms with Crippen LogP contribution >= 0.6 is 0 Å². The summed E-state index contributed by atoms with van der Waals surface area (Å²) in [5.74, 6) is -0.585. The van der Waals surface area contributed by atoms with Crippen molar-refractivity contribution < 1.29 is 33.7 Å². The Bertz CT molecular complexity index is 1240. The molecule has 0 spiro atoms. The maximum Gasteiger partial charge on any atom is 0.325 e. The molecule has 2 aromatic heterocycles. The van der Waals surface area contributed by atoms with Crippen molar-refractivity contribution in [3.63, 3.8) is 0 Å². The largest absolute Gasteiger partial charge is 0.480 e. The SMILES string of the molecule is CCOC(=O)CNc1c(-c2ccc3c(c2)OCO3)nc2c(C(=O)NC(C)C(=O)O)cccn12. The van der Waals surface area contributed by atoms with E-state index >= 15 is 0 Å². The Hall–Kier alpha value is -4.28. The topological polar surface area (TPSA) is 140 Å². The number of benzene rings is 1. The number of amides is 1. The van der Waals surface area contributed by atoms with Gasteiger partial charge in [-0.25, -0.2) is 4.98 Å². The van der Waals surface area contributed by atoms with Gasteiger partial charge in [0.25, 0.3) is 5.91 Å². The number of aromatic nitrogens is 2. The number of pyridine rings is 1. The van der Waals surface area contributed by atoms with Gasteiger partial charge < -0.3 is 30.0 Å². The Kier molecular flexibility index (Phi) is 6.03. The van der Waals surface area contributed by atoms with Gasteiger partial charge >= 0.3 is 11.9 Å². The highest BCUT2D eigenvalue weighted by atomic mass is 16.7. The molecule has 1 aliphatic rings. The molecule has 1 unspecified atom stereocenters. The van der Waals surface area contributed by atoms with Crippen molar-refractivity contribution in [2.24, 2.45) is 0 Å². The molecule has 0 radical (unpaired) electrons. The second-order valence-corrected chi connectivity index (χ2v) is 7.18. The molecule has 1 aromatic carbocycles. The molecule has 1 amide bonds. The molecular formula is C22H22N4O7. The van der Waals surface area contributed by atoms with Gasteiger partial charge in [-0.15, -0.1) is 0 Å². The van der Waals surface area contributed by atoms with Crippen molar-refractivity contribution in [2.75, 3.05) is 25.3 Å². The van der Waals surface area contributed by atoms with Crippen molar-refractivity contribution in [3.05, 3.63) is 42.1 Å². The molecule has 0 fully saturated rings. The number of anilines is 1. The van der Waals surface area contributed by atoms with Gasteiger partial charge in [0.2, 0.25) is 6.79 Å². The van der Waals surface area contributed by atoms with Gasteiger partial charge in [0, 0.05) is 11.8 Å². The summed E-state index contributed by atoms with van der Waals surface area (Å²) in [6.45, 7) is 3.33. The summed E-state index contributed by atoms with van der Waals surface area (Å²) in [6.07, 6.45) is 1.68. The van der Waals surface area contributed by atoms with Crippen LogP contribution in [0.2, 0.25) is 0 Å². The molecule has 33 heavy (non-hydrogen) atoms. The summed E-state index contributed by atoms with van der Waals surface area (Å²) in [4.78, 5) is 40.5. The average Bonchev–Trinajstić information content (AvgIpc) is 3.41. The fraction of sp³-hybridized carbons (Fsp3) is 0.273. The highest BCUT2D eigenvalue weighted by Gasteiger charge is 2.23. The molecule has 3 aromatic rings. The van der Waals surface area contributed by atoms with Crippen LogP contribution in [0, 0.1) is 0 Å². The van der Waals surface area contributed by atoms with E-state index in [1.165, 1.54) is 6.92 Å². The number of ether oxygens (including phenoxy) is 3. The maximum absolute atomic E-state index is 12.8. The third-order valence-electron chi connectivity index (χ3n) is 4.96. The van der Waals surface area contributed by atoms with Gasteiger partial charge in [0.1, 0.15) is 24.1 Å². The molecule has 0 bridgehead atoms. The highest BCUT2D eigenvalue weighted by Crippen LogP contribution is 2.38. The van der Waals surface area contributed by atoms with Gasteiger partial charge in [-0.05, 0) is 44.2 Å². The first-order valence-electron chi connectivity index (χ1n) is 10.2. The van der Waals surface area contributed by atoms with Crippen molar-refractivity contribution in [2.45, 2.75) is 19.9 Å². The smallest absolute Gasteiger partial charge is 0.325 e. The van der Waals surface area contributed by atoms with E-state index in [1.54, 1.807) is 47.9 Å². The quantitative estimate of drug-likeness (QED) is 0.435. The number of aliphatic carboxylic acids is 1. The van der Waals surface area contributed by atoms with E-state index in [-0.39, 0.29) is 31.2 Å². The first kappa shape index (κ1) is 21.9. The summed E-state index contributed by atoms with van der Waals surface area (Å²) in [5, 5.41) is 14.6. The number of rotatable bonds is 8. The summed E-state index contributed by atoms with van der Waals surface area (Å²) >= 11 is 0. The summed E-state index contributed by atoms with van der Waals surface area (Å²) in [5.41, 5.74) is 1.59. The lowest BCUT2D eigenvalue weighted by molar-refractivity contribution is -0.141. The molecular weight excluding hydrogens is 432 g/mol. The minimum atomic E-state index is -1.16. The number of hydrogen-bond donors (Lipinski definition) is 3. The number of carboxylic acid groups (broad SMARTS) is 1. The van der Waals surface area contributed by atoms with Crippen molar-refractivity contribution in [1.29, 1.82) is 0 Å². The van der Waals surface area contributed by atoms with Crippen LogP contribution in [0.25, 0.3) is 16.9 Å². The number of imidazole rings is 1. The Morgan fingerprint density at radius 3 is 2.79 bits per heavy atom. The third-order valence-corrected chi connectivity index (χ3v) is 4.96. The fourth-order valence-corrected chi connectivity index (χ4v) is 3.36. The normalized spacial score (nSPS) is 12.9. The number of carbonyl (C=O) groups is 3. The summed E-state index contributed by atoms with van der Waals surface area (Å²) in [6, 6.07) is 7.39. The molecule has 3 heterocycles.